The van der Waals surface area contributed by atoms with Crippen LogP contribution < -0.4 is 5.73 Å². The molecule has 1 aliphatic rings. The highest BCUT2D eigenvalue weighted by molar-refractivity contribution is 5.79. The van der Waals surface area contributed by atoms with Crippen molar-refractivity contribution in [3.05, 3.63) is 24.0 Å². The van der Waals surface area contributed by atoms with Gasteiger partial charge in [-0.15, -0.1) is 0 Å². The van der Waals surface area contributed by atoms with Crippen LogP contribution in [0.1, 0.15) is 51.9 Å². The van der Waals surface area contributed by atoms with E-state index in [9.17, 15) is 0 Å². The average molecular weight is 271 g/mol. The number of nitrogens with two attached hydrogens (primary N) is 1. The van der Waals surface area contributed by atoms with Gasteiger partial charge in [0.1, 0.15) is 5.82 Å². The summed E-state index contributed by atoms with van der Waals surface area (Å²) in [6.45, 7) is 6.96. The van der Waals surface area contributed by atoms with E-state index in [4.69, 9.17) is 10.7 Å². The van der Waals surface area contributed by atoms with Gasteiger partial charge in [0.15, 0.2) is 0 Å². The monoisotopic (exact) mass is 271 g/mol. The largest absolute Gasteiger partial charge is 0.399 e. The van der Waals surface area contributed by atoms with E-state index in [0.29, 0.717) is 6.04 Å². The summed E-state index contributed by atoms with van der Waals surface area (Å²) in [4.78, 5) is 4.80. The van der Waals surface area contributed by atoms with Crippen molar-refractivity contribution in [2.24, 2.45) is 11.8 Å². The average Bonchev–Trinajstić information content (AvgIpc) is 2.76. The Labute approximate surface area is 121 Å². The molecule has 1 aromatic carbocycles. The van der Waals surface area contributed by atoms with Gasteiger partial charge in [0, 0.05) is 18.2 Å². The fourth-order valence-electron chi connectivity index (χ4n) is 3.82. The topological polar surface area (TPSA) is 43.8 Å². The lowest BCUT2D eigenvalue weighted by atomic mass is 9.79. The lowest BCUT2D eigenvalue weighted by molar-refractivity contribution is 0.208. The van der Waals surface area contributed by atoms with Crippen molar-refractivity contribution in [1.29, 1.82) is 0 Å². The van der Waals surface area contributed by atoms with E-state index in [0.717, 1.165) is 29.5 Å². The van der Waals surface area contributed by atoms with Gasteiger partial charge in [0.25, 0.3) is 0 Å². The number of hydrogen-bond donors (Lipinski definition) is 1. The van der Waals surface area contributed by atoms with Gasteiger partial charge in [-0.05, 0) is 49.3 Å². The second kappa shape index (κ2) is 5.12. The Morgan fingerprint density at radius 2 is 2.10 bits per heavy atom. The first-order valence-electron chi connectivity index (χ1n) is 7.86. The van der Waals surface area contributed by atoms with Crippen molar-refractivity contribution in [1.82, 2.24) is 9.55 Å². The molecule has 108 valence electrons. The number of anilines is 1. The van der Waals surface area contributed by atoms with E-state index in [2.05, 4.69) is 31.4 Å². The van der Waals surface area contributed by atoms with Crippen LogP contribution in [-0.4, -0.2) is 9.55 Å². The molecule has 1 heterocycles. The molecule has 2 aromatic rings. The molecule has 3 atom stereocenters. The third-order valence-corrected chi connectivity index (χ3v) is 4.82. The molecule has 0 radical (unpaired) electrons. The number of benzene rings is 1. The summed E-state index contributed by atoms with van der Waals surface area (Å²) in [6, 6.07) is 6.73. The number of imidazole rings is 1. The Balaban J connectivity index is 2.09. The first kappa shape index (κ1) is 13.5. The maximum absolute atomic E-state index is 5.90. The molecule has 3 heteroatoms. The molecular formula is C17H25N3. The quantitative estimate of drug-likeness (QED) is 0.833. The highest BCUT2D eigenvalue weighted by atomic mass is 15.1. The summed E-state index contributed by atoms with van der Waals surface area (Å²) in [5, 5.41) is 0. The van der Waals surface area contributed by atoms with Crippen molar-refractivity contribution in [3.63, 3.8) is 0 Å². The molecule has 0 amide bonds. The SMILES string of the molecule is CCc1nc2cc(N)ccc2n1C1CCC(C)CC1C. The molecule has 1 aliphatic carbocycles. The van der Waals surface area contributed by atoms with Crippen LogP contribution in [0.2, 0.25) is 0 Å². The Morgan fingerprint density at radius 1 is 1.30 bits per heavy atom. The Hall–Kier alpha value is -1.51. The van der Waals surface area contributed by atoms with Crippen LogP contribution in [0.25, 0.3) is 11.0 Å². The van der Waals surface area contributed by atoms with Crippen LogP contribution in [0.4, 0.5) is 5.69 Å². The standard InChI is InChI=1S/C17H25N3/c1-4-17-19-14-10-13(18)6-8-16(14)20(17)15-7-5-11(2)9-12(15)3/h6,8,10-12,15H,4-5,7,9,18H2,1-3H3. The summed E-state index contributed by atoms with van der Waals surface area (Å²) in [7, 11) is 0. The van der Waals surface area contributed by atoms with Crippen molar-refractivity contribution in [3.8, 4) is 0 Å². The Morgan fingerprint density at radius 3 is 2.80 bits per heavy atom. The first-order valence-corrected chi connectivity index (χ1v) is 7.86. The van der Waals surface area contributed by atoms with Gasteiger partial charge in [-0.1, -0.05) is 20.8 Å². The molecule has 0 bridgehead atoms. The molecule has 1 fully saturated rings. The van der Waals surface area contributed by atoms with Gasteiger partial charge < -0.3 is 10.3 Å². The summed E-state index contributed by atoms with van der Waals surface area (Å²) >= 11 is 0. The van der Waals surface area contributed by atoms with Crippen LogP contribution in [0.5, 0.6) is 0 Å². The predicted molar refractivity (Wildman–Crippen MR) is 84.7 cm³/mol. The number of nitrogens with zero attached hydrogens (tertiary/aromatic N) is 2. The number of aryl methyl sites for hydroxylation is 1. The lowest BCUT2D eigenvalue weighted by Crippen LogP contribution is -2.25. The van der Waals surface area contributed by atoms with Crippen molar-refractivity contribution in [2.75, 3.05) is 5.73 Å². The van der Waals surface area contributed by atoms with E-state index in [-0.39, 0.29) is 0 Å². The number of hydrogen-bond acceptors (Lipinski definition) is 2. The first-order chi connectivity index (χ1) is 9.60. The second-order valence-electron chi connectivity index (χ2n) is 6.46. The van der Waals surface area contributed by atoms with Gasteiger partial charge in [-0.3, -0.25) is 0 Å². The molecule has 3 nitrogen and oxygen atoms in total. The van der Waals surface area contributed by atoms with Gasteiger partial charge in [0.05, 0.1) is 11.0 Å². The molecule has 2 N–H and O–H groups in total. The smallest absolute Gasteiger partial charge is 0.109 e. The molecule has 0 aliphatic heterocycles. The van der Waals surface area contributed by atoms with Gasteiger partial charge >= 0.3 is 0 Å². The van der Waals surface area contributed by atoms with Gasteiger partial charge in [-0.2, -0.15) is 0 Å². The number of nitrogen functional groups attached to an aromatic ring is 1. The molecule has 1 saturated carbocycles. The lowest BCUT2D eigenvalue weighted by Gasteiger charge is -2.34. The summed E-state index contributed by atoms with van der Waals surface area (Å²) < 4.78 is 2.49. The maximum Gasteiger partial charge on any atom is 0.109 e. The number of fused-ring (bicyclic) bond motifs is 1. The Bertz CT molecular complexity index is 614. The predicted octanol–water partition coefficient (Wildman–Crippen LogP) is 4.18. The summed E-state index contributed by atoms with van der Waals surface area (Å²) in [5.74, 6) is 2.78. The minimum atomic E-state index is 0.592. The summed E-state index contributed by atoms with van der Waals surface area (Å²) in [5.41, 5.74) is 9.00. The highest BCUT2D eigenvalue weighted by Gasteiger charge is 2.29. The van der Waals surface area contributed by atoms with Gasteiger partial charge in [-0.25, -0.2) is 4.98 Å². The zero-order valence-electron chi connectivity index (χ0n) is 12.8. The van der Waals surface area contributed by atoms with E-state index in [1.807, 2.05) is 12.1 Å². The Kier molecular flexibility index (Phi) is 3.45. The minimum absolute atomic E-state index is 0.592. The van der Waals surface area contributed by atoms with E-state index in [1.54, 1.807) is 0 Å². The molecule has 3 rings (SSSR count). The van der Waals surface area contributed by atoms with Crippen LogP contribution in [0.15, 0.2) is 18.2 Å². The molecule has 0 saturated heterocycles. The van der Waals surface area contributed by atoms with Crippen LogP contribution in [0.3, 0.4) is 0 Å². The van der Waals surface area contributed by atoms with Crippen LogP contribution in [0, 0.1) is 11.8 Å². The third kappa shape index (κ3) is 2.19. The van der Waals surface area contributed by atoms with E-state index >= 15 is 0 Å². The number of rotatable bonds is 2. The zero-order chi connectivity index (χ0) is 14.3. The minimum Gasteiger partial charge on any atom is -0.399 e. The fourth-order valence-corrected chi connectivity index (χ4v) is 3.82. The third-order valence-electron chi connectivity index (χ3n) is 4.82. The van der Waals surface area contributed by atoms with Crippen molar-refractivity contribution >= 4 is 16.7 Å². The maximum atomic E-state index is 5.90. The van der Waals surface area contributed by atoms with Crippen LogP contribution in [-0.2, 0) is 6.42 Å². The molecular weight excluding hydrogens is 246 g/mol. The van der Waals surface area contributed by atoms with E-state index in [1.165, 1.54) is 30.6 Å². The number of aromatic nitrogens is 2. The van der Waals surface area contributed by atoms with E-state index < -0.39 is 0 Å². The molecule has 0 spiro atoms. The van der Waals surface area contributed by atoms with Crippen LogP contribution >= 0.6 is 0 Å². The normalized spacial score (nSPS) is 27.1. The second-order valence-corrected chi connectivity index (χ2v) is 6.46. The highest BCUT2D eigenvalue weighted by Crippen LogP contribution is 2.39. The van der Waals surface area contributed by atoms with Crippen molar-refractivity contribution < 1.29 is 0 Å². The van der Waals surface area contributed by atoms with Crippen molar-refractivity contribution in [2.45, 2.75) is 52.5 Å². The fraction of sp³-hybridized carbons (Fsp3) is 0.588. The molecule has 1 aromatic heterocycles. The molecule has 3 unspecified atom stereocenters. The summed E-state index contributed by atoms with van der Waals surface area (Å²) in [6.07, 6.45) is 4.90. The van der Waals surface area contributed by atoms with Gasteiger partial charge in [0.2, 0.25) is 0 Å². The zero-order valence-corrected chi connectivity index (χ0v) is 12.8. The molecule has 20 heavy (non-hydrogen) atoms.